The lowest BCUT2D eigenvalue weighted by atomic mass is 10.1. The van der Waals surface area contributed by atoms with Crippen LogP contribution in [0.25, 0.3) is 29.3 Å². The summed E-state index contributed by atoms with van der Waals surface area (Å²) < 4.78 is 1.25. The second-order valence-electron chi connectivity index (χ2n) is 8.63. The van der Waals surface area contributed by atoms with Crippen LogP contribution in [0.1, 0.15) is 76.3 Å². The van der Waals surface area contributed by atoms with Crippen LogP contribution in [-0.4, -0.2) is 0 Å². The van der Waals surface area contributed by atoms with Gasteiger partial charge in [-0.2, -0.15) is 0 Å². The zero-order chi connectivity index (χ0) is 23.0. The van der Waals surface area contributed by atoms with Gasteiger partial charge in [0.25, 0.3) is 0 Å². The Hall–Kier alpha value is -0.720. The van der Waals surface area contributed by atoms with Gasteiger partial charge in [-0.25, -0.2) is 0 Å². The van der Waals surface area contributed by atoms with Crippen molar-refractivity contribution < 1.29 is 0 Å². The summed E-state index contributed by atoms with van der Waals surface area (Å²) in [6.07, 6.45) is 13.0. The van der Waals surface area contributed by atoms with Crippen molar-refractivity contribution in [1.29, 1.82) is 0 Å². The molecule has 4 rings (SSSR count). The maximum absolute atomic E-state index is 3.74. The van der Waals surface area contributed by atoms with Crippen LogP contribution in [0.5, 0.6) is 0 Å². The summed E-state index contributed by atoms with van der Waals surface area (Å²) in [5.74, 6) is 0. The van der Waals surface area contributed by atoms with Crippen molar-refractivity contribution in [3.63, 3.8) is 0 Å². The minimum Gasteiger partial charge on any atom is -0.143 e. The highest BCUT2D eigenvalue weighted by atomic mass is 79.9. The SMILES string of the molecule is CCCCCCc1ccsc1-c1ccc(-c2ccc(-c3sc(Br)cc3CCCCCC)s2)s1. The van der Waals surface area contributed by atoms with Gasteiger partial charge in [-0.3, -0.25) is 0 Å². The van der Waals surface area contributed by atoms with E-state index in [1.807, 2.05) is 45.3 Å². The Labute approximate surface area is 223 Å². The number of rotatable bonds is 13. The highest BCUT2D eigenvalue weighted by Gasteiger charge is 2.15. The van der Waals surface area contributed by atoms with E-state index in [1.165, 1.54) is 108 Å². The number of aryl methyl sites for hydroxylation is 2. The van der Waals surface area contributed by atoms with Gasteiger partial charge in [0.05, 0.1) is 3.79 Å². The molecular formula is C28H33BrS4. The largest absolute Gasteiger partial charge is 0.143 e. The predicted octanol–water partition coefficient (Wildman–Crippen LogP) is 11.9. The monoisotopic (exact) mass is 576 g/mol. The molecule has 0 aliphatic heterocycles. The molecule has 0 saturated heterocycles. The van der Waals surface area contributed by atoms with Crippen molar-refractivity contribution in [2.45, 2.75) is 78.1 Å². The molecule has 0 aliphatic carbocycles. The van der Waals surface area contributed by atoms with Gasteiger partial charge in [-0.15, -0.1) is 45.3 Å². The molecule has 0 aliphatic rings. The molecule has 4 aromatic heterocycles. The number of halogens is 1. The molecule has 176 valence electrons. The van der Waals surface area contributed by atoms with E-state index in [4.69, 9.17) is 0 Å². The fourth-order valence-corrected chi connectivity index (χ4v) is 9.27. The molecule has 0 saturated carbocycles. The molecule has 0 bridgehead atoms. The molecule has 0 amide bonds. The highest BCUT2D eigenvalue weighted by Crippen LogP contribution is 2.45. The lowest BCUT2D eigenvalue weighted by Gasteiger charge is -2.02. The maximum Gasteiger partial charge on any atom is 0.0708 e. The van der Waals surface area contributed by atoms with Gasteiger partial charge in [0.1, 0.15) is 0 Å². The standard InChI is InChI=1S/C28H33BrS4/c1-3-5-7-9-11-20-17-18-30-27(20)24-15-13-22(31-24)23-14-16-25(32-23)28-21(19-26(29)33-28)12-10-8-6-4-2/h13-19H,3-12H2,1-2H3. The molecule has 0 aromatic carbocycles. The van der Waals surface area contributed by atoms with Crippen molar-refractivity contribution in [1.82, 2.24) is 0 Å². The molecule has 5 heteroatoms. The van der Waals surface area contributed by atoms with Crippen LogP contribution >= 0.6 is 61.3 Å². The first-order chi connectivity index (χ1) is 16.2. The first-order valence-corrected chi connectivity index (χ1v) is 16.4. The highest BCUT2D eigenvalue weighted by molar-refractivity contribution is 9.11. The first kappa shape index (κ1) is 25.4. The minimum absolute atomic E-state index is 1.19. The smallest absolute Gasteiger partial charge is 0.0708 e. The Morgan fingerprint density at radius 1 is 0.606 bits per heavy atom. The van der Waals surface area contributed by atoms with E-state index in [-0.39, 0.29) is 0 Å². The van der Waals surface area contributed by atoms with Gasteiger partial charge >= 0.3 is 0 Å². The van der Waals surface area contributed by atoms with E-state index in [0.717, 1.165) is 0 Å². The van der Waals surface area contributed by atoms with E-state index in [0.29, 0.717) is 0 Å². The van der Waals surface area contributed by atoms with Gasteiger partial charge in [0.2, 0.25) is 0 Å². The van der Waals surface area contributed by atoms with Crippen molar-refractivity contribution >= 4 is 61.3 Å². The molecule has 0 spiro atoms. The molecule has 0 radical (unpaired) electrons. The molecule has 0 nitrogen and oxygen atoms in total. The summed E-state index contributed by atoms with van der Waals surface area (Å²) >= 11 is 11.4. The van der Waals surface area contributed by atoms with E-state index < -0.39 is 0 Å². The Balaban J connectivity index is 1.48. The Kier molecular flexibility index (Phi) is 9.87. The lowest BCUT2D eigenvalue weighted by molar-refractivity contribution is 0.668. The van der Waals surface area contributed by atoms with Crippen molar-refractivity contribution in [2.24, 2.45) is 0 Å². The number of unbranched alkanes of at least 4 members (excludes halogenated alkanes) is 6. The van der Waals surface area contributed by atoms with Crippen molar-refractivity contribution in [2.75, 3.05) is 0 Å². The van der Waals surface area contributed by atoms with Gasteiger partial charge in [0.15, 0.2) is 0 Å². The maximum atomic E-state index is 3.74. The van der Waals surface area contributed by atoms with Crippen LogP contribution in [0.3, 0.4) is 0 Å². The molecule has 0 atom stereocenters. The quantitative estimate of drug-likeness (QED) is 0.139. The second kappa shape index (κ2) is 12.8. The van der Waals surface area contributed by atoms with Crippen LogP contribution in [0.4, 0.5) is 0 Å². The Bertz CT molecular complexity index is 1130. The van der Waals surface area contributed by atoms with Crippen LogP contribution in [0.2, 0.25) is 0 Å². The third-order valence-electron chi connectivity index (χ3n) is 6.03. The van der Waals surface area contributed by atoms with Crippen LogP contribution < -0.4 is 0 Å². The summed E-state index contributed by atoms with van der Waals surface area (Å²) in [7, 11) is 0. The molecule has 0 unspecified atom stereocenters. The topological polar surface area (TPSA) is 0 Å². The normalized spacial score (nSPS) is 11.5. The van der Waals surface area contributed by atoms with E-state index in [9.17, 15) is 0 Å². The number of hydrogen-bond acceptors (Lipinski definition) is 4. The van der Waals surface area contributed by atoms with Crippen molar-refractivity contribution in [3.8, 4) is 29.3 Å². The summed E-state index contributed by atoms with van der Waals surface area (Å²) in [6.45, 7) is 4.56. The Morgan fingerprint density at radius 2 is 1.18 bits per heavy atom. The number of thiophene rings is 4. The van der Waals surface area contributed by atoms with Crippen molar-refractivity contribution in [3.05, 3.63) is 56.7 Å². The lowest BCUT2D eigenvalue weighted by Crippen LogP contribution is -1.85. The van der Waals surface area contributed by atoms with E-state index in [2.05, 4.69) is 71.6 Å². The second-order valence-corrected chi connectivity index (χ2v) is 14.1. The van der Waals surface area contributed by atoms with E-state index >= 15 is 0 Å². The van der Waals surface area contributed by atoms with Gasteiger partial charge in [-0.1, -0.05) is 52.4 Å². The fourth-order valence-electron chi connectivity index (χ4n) is 4.21. The molecule has 4 heterocycles. The molecule has 4 aromatic rings. The minimum atomic E-state index is 1.19. The summed E-state index contributed by atoms with van der Waals surface area (Å²) in [5.41, 5.74) is 3.04. The van der Waals surface area contributed by atoms with Crippen LogP contribution in [0.15, 0.2) is 45.6 Å². The van der Waals surface area contributed by atoms with Gasteiger partial charge < -0.3 is 0 Å². The van der Waals surface area contributed by atoms with Gasteiger partial charge in [-0.05, 0) is 94.5 Å². The molecule has 0 N–H and O–H groups in total. The van der Waals surface area contributed by atoms with Crippen LogP contribution in [-0.2, 0) is 12.8 Å². The summed E-state index contributed by atoms with van der Waals surface area (Å²) in [6, 6.07) is 14.0. The zero-order valence-corrected chi connectivity index (χ0v) is 24.5. The molecule has 0 fully saturated rings. The summed E-state index contributed by atoms with van der Waals surface area (Å²) in [4.78, 5) is 8.57. The molecular weight excluding hydrogens is 544 g/mol. The molecule has 33 heavy (non-hydrogen) atoms. The fraction of sp³-hybridized carbons (Fsp3) is 0.429. The average Bonchev–Trinajstić information content (AvgIpc) is 3.60. The third-order valence-corrected chi connectivity index (χ3v) is 11.4. The third kappa shape index (κ3) is 6.70. The first-order valence-electron chi connectivity index (χ1n) is 12.2. The predicted molar refractivity (Wildman–Crippen MR) is 158 cm³/mol. The summed E-state index contributed by atoms with van der Waals surface area (Å²) in [5, 5.41) is 2.27. The van der Waals surface area contributed by atoms with E-state index in [1.54, 1.807) is 0 Å². The van der Waals surface area contributed by atoms with Gasteiger partial charge in [0, 0.05) is 29.3 Å². The zero-order valence-electron chi connectivity index (χ0n) is 19.6. The Morgan fingerprint density at radius 3 is 1.82 bits per heavy atom. The van der Waals surface area contributed by atoms with Crippen LogP contribution in [0, 0.1) is 0 Å². The average molecular weight is 578 g/mol. The number of hydrogen-bond donors (Lipinski definition) is 0.